The molecule has 0 unspecified atom stereocenters. The van der Waals surface area contributed by atoms with E-state index in [2.05, 4.69) is 0 Å². The van der Waals surface area contributed by atoms with Crippen LogP contribution in [0.1, 0.15) is 22.3 Å². The predicted molar refractivity (Wildman–Crippen MR) is 223 cm³/mol. The van der Waals surface area contributed by atoms with E-state index < -0.39 is 61.5 Å². The molecule has 0 atom stereocenters. The quantitative estimate of drug-likeness (QED) is 0.0945. The van der Waals surface area contributed by atoms with Crippen LogP contribution in [0.15, 0.2) is 109 Å². The van der Waals surface area contributed by atoms with Crippen LogP contribution in [0.5, 0.6) is 0 Å². The van der Waals surface area contributed by atoms with Crippen molar-refractivity contribution in [3.05, 3.63) is 142 Å². The largest absolute Gasteiger partial charge is 0.673 e. The van der Waals surface area contributed by atoms with Crippen molar-refractivity contribution in [1.29, 1.82) is 0 Å². The number of fused-ring (bicyclic) bond motifs is 2. The van der Waals surface area contributed by atoms with Gasteiger partial charge in [0.05, 0.1) is 57.9 Å². The maximum Gasteiger partial charge on any atom is 0.673 e. The summed E-state index contributed by atoms with van der Waals surface area (Å²) in [5.74, 6) is 0.421. The van der Waals surface area contributed by atoms with Gasteiger partial charge < -0.3 is 44.3 Å². The first-order chi connectivity index (χ1) is 31.9. The van der Waals surface area contributed by atoms with Crippen molar-refractivity contribution in [3.63, 3.8) is 0 Å². The minimum Gasteiger partial charge on any atom is -0.418 e. The number of halogens is 20. The molecule has 0 amide bonds. The molecular weight excluding hydrogens is 990 g/mol. The van der Waals surface area contributed by atoms with E-state index in [1.165, 1.54) is 67.5 Å². The van der Waals surface area contributed by atoms with Gasteiger partial charge in [0.1, 0.15) is 11.4 Å². The predicted octanol–water partition coefficient (Wildman–Crippen LogP) is 13.3. The highest BCUT2D eigenvalue weighted by Gasteiger charge is 2.35. The number of anilines is 4. The Morgan fingerprint density at radius 1 is 0.371 bits per heavy atom. The summed E-state index contributed by atoms with van der Waals surface area (Å²) >= 11 is 0. The highest BCUT2D eigenvalue weighted by molar-refractivity contribution is 6.50. The minimum absolute atomic E-state index is 0.211. The van der Waals surface area contributed by atoms with E-state index in [1.54, 1.807) is 40.3 Å². The van der Waals surface area contributed by atoms with E-state index >= 15 is 0 Å². The first-order valence-corrected chi connectivity index (χ1v) is 19.4. The summed E-state index contributed by atoms with van der Waals surface area (Å²) in [6.07, 6.45) is -18.5. The molecule has 0 saturated heterocycles. The molecule has 0 fully saturated rings. The lowest BCUT2D eigenvalue weighted by Gasteiger charge is -2.16. The molecule has 0 bridgehead atoms. The van der Waals surface area contributed by atoms with Gasteiger partial charge in [-0.05, 0) is 119 Å². The molecule has 7 aromatic rings. The zero-order valence-electron chi connectivity index (χ0n) is 35.8. The Morgan fingerprint density at radius 3 is 0.800 bits per heavy atom. The van der Waals surface area contributed by atoms with Gasteiger partial charge in [-0.1, -0.05) is 0 Å². The number of benzene rings is 5. The smallest absolute Gasteiger partial charge is 0.418 e. The van der Waals surface area contributed by atoms with Crippen molar-refractivity contribution in [2.75, 3.05) is 38.0 Å². The summed E-state index contributed by atoms with van der Waals surface area (Å²) in [7, 11) is -5.78. The first-order valence-electron chi connectivity index (χ1n) is 19.4. The van der Waals surface area contributed by atoms with Crippen LogP contribution in [0.2, 0.25) is 0 Å². The van der Waals surface area contributed by atoms with Crippen LogP contribution < -0.4 is 29.9 Å². The molecule has 5 aromatic carbocycles. The normalized spacial score (nSPS) is 13.6. The Kier molecular flexibility index (Phi) is 15.0. The van der Waals surface area contributed by atoms with Gasteiger partial charge in [-0.3, -0.25) is 0 Å². The lowest BCUT2D eigenvalue weighted by Crippen LogP contribution is -2.24. The van der Waals surface area contributed by atoms with Gasteiger partial charge in [0.15, 0.2) is 0 Å². The molecule has 0 radical (unpaired) electrons. The van der Waals surface area contributed by atoms with E-state index in [-0.39, 0.29) is 45.4 Å². The molecule has 0 spiro atoms. The fourth-order valence-corrected chi connectivity index (χ4v) is 6.79. The van der Waals surface area contributed by atoms with E-state index in [0.29, 0.717) is 21.5 Å². The zero-order chi connectivity index (χ0) is 52.7. The summed E-state index contributed by atoms with van der Waals surface area (Å²) in [5.41, 5.74) is -2.01. The van der Waals surface area contributed by atoms with Gasteiger partial charge in [0.25, 0.3) is 11.6 Å². The summed E-state index contributed by atoms with van der Waals surface area (Å²) < 4.78 is 243. The Bertz CT molecular complexity index is 2840. The Hall–Kier alpha value is -6.89. The van der Waals surface area contributed by atoms with E-state index in [9.17, 15) is 87.2 Å². The van der Waals surface area contributed by atoms with Crippen molar-refractivity contribution in [1.82, 2.24) is 19.1 Å². The van der Waals surface area contributed by atoms with Crippen molar-refractivity contribution in [2.24, 2.45) is 0 Å². The fourth-order valence-electron chi connectivity index (χ4n) is 6.79. The molecule has 0 saturated carbocycles. The number of hydrogen-bond donors (Lipinski definition) is 0. The molecular formula is C42H30B2F20N6. The number of nitrogens with zero attached hydrogens (tertiary/aromatic N) is 6. The van der Waals surface area contributed by atoms with E-state index in [1.807, 2.05) is 0 Å². The van der Waals surface area contributed by atoms with Crippen LogP contribution in [-0.2, 0) is 24.7 Å². The summed E-state index contributed by atoms with van der Waals surface area (Å²) in [5, 5.41) is 1.60. The van der Waals surface area contributed by atoms with Crippen LogP contribution in [0.3, 0.4) is 0 Å². The molecule has 0 aliphatic carbocycles. The van der Waals surface area contributed by atoms with Crippen LogP contribution in [0.4, 0.5) is 122 Å². The summed E-state index contributed by atoms with van der Waals surface area (Å²) in [4.78, 5) is 12.8. The van der Waals surface area contributed by atoms with Gasteiger partial charge in [-0.25, -0.2) is 9.15 Å². The number of aromatic nitrogens is 2. The number of hydrogen-bond acceptors (Lipinski definition) is 4. The third-order valence-electron chi connectivity index (χ3n) is 10.1. The molecule has 7 rings (SSSR count). The van der Waals surface area contributed by atoms with Crippen LogP contribution in [0, 0.1) is 0 Å². The summed E-state index contributed by atoms with van der Waals surface area (Å²) in [6.45, 7) is 0. The number of rotatable bonds is 6. The molecule has 70 heavy (non-hydrogen) atoms. The second kappa shape index (κ2) is 19.5. The standard InChI is InChI=1S/C42H30F12N6.2BF4/c1-57(27-13-5-23(6-14-27)39(43,44)45)35-31-21-33-34(22-32(31)36(55-35)58(2)28-15-7-24(8-16-28)40(46,47)48)38(60(4)30-19-11-26(12-20-30)42(52,53)54)56-37(33)59(3)29-17-9-25(10-18-29)41(49,50)51;2*2-1(3,4)5/h5-22H,1-4H3;;/q+2;2*-1. The topological polar surface area (TPSA) is 38.3 Å². The molecule has 2 aromatic heterocycles. The van der Waals surface area contributed by atoms with Crippen molar-refractivity contribution < 1.29 is 87.2 Å². The monoisotopic (exact) mass is 1020 g/mol. The molecule has 2 heterocycles. The molecule has 0 N–H and O–H groups in total. The third kappa shape index (κ3) is 13.2. The second-order valence-corrected chi connectivity index (χ2v) is 14.9. The molecule has 0 aliphatic heterocycles. The molecule has 6 nitrogen and oxygen atoms in total. The minimum atomic E-state index is -6.00. The third-order valence-corrected chi connectivity index (χ3v) is 10.1. The number of alkyl halides is 12. The van der Waals surface area contributed by atoms with Gasteiger partial charge in [0, 0.05) is 25.5 Å². The van der Waals surface area contributed by atoms with Crippen molar-refractivity contribution >= 4 is 70.4 Å². The fraction of sp³-hybridized carbons (Fsp3) is 0.190. The van der Waals surface area contributed by atoms with Crippen LogP contribution >= 0.6 is 0 Å². The van der Waals surface area contributed by atoms with Gasteiger partial charge in [-0.15, -0.1) is 0 Å². The first kappa shape index (κ1) is 54.1. The maximum absolute atomic E-state index is 13.5. The zero-order valence-corrected chi connectivity index (χ0v) is 35.8. The van der Waals surface area contributed by atoms with Crippen molar-refractivity contribution in [2.45, 2.75) is 24.7 Å². The highest BCUT2D eigenvalue weighted by atomic mass is 19.5. The van der Waals surface area contributed by atoms with Gasteiger partial charge in [-0.2, -0.15) is 52.7 Å². The maximum atomic E-state index is 13.5. The average molecular weight is 1020 g/mol. The van der Waals surface area contributed by atoms with Crippen molar-refractivity contribution in [3.8, 4) is 0 Å². The van der Waals surface area contributed by atoms with E-state index in [4.69, 9.17) is 9.97 Å². The Morgan fingerprint density at radius 2 is 0.586 bits per heavy atom. The van der Waals surface area contributed by atoms with Crippen LogP contribution in [0.25, 0.3) is 21.5 Å². The summed E-state index contributed by atoms with van der Waals surface area (Å²) in [6, 6.07) is 20.4. The molecule has 374 valence electrons. The highest BCUT2D eigenvalue weighted by Crippen LogP contribution is 2.38. The van der Waals surface area contributed by atoms with Crippen LogP contribution in [-0.4, -0.2) is 52.7 Å². The molecule has 0 aliphatic rings. The Labute approximate surface area is 381 Å². The van der Waals surface area contributed by atoms with Gasteiger partial charge in [0.2, 0.25) is 0 Å². The lowest BCUT2D eigenvalue weighted by molar-refractivity contribution is -0.138. The average Bonchev–Trinajstić information content (AvgIpc) is 3.81. The second-order valence-electron chi connectivity index (χ2n) is 14.9. The van der Waals surface area contributed by atoms with Gasteiger partial charge >= 0.3 is 50.2 Å². The lowest BCUT2D eigenvalue weighted by atomic mass is 10.1. The molecule has 28 heteroatoms. The Balaban J connectivity index is 0.000000829. The van der Waals surface area contributed by atoms with E-state index in [0.717, 1.165) is 48.5 Å². The SMILES string of the molecule is CN(c1ccc(C(F)(F)F)cc1)c1nc(=[N+](C)c2ccc(C(F)(F)F)cc2)c2cc3c(N(C)c4ccc(C(F)(F)F)cc4)nc(=[N+](C)c4ccc(C(F)(F)F)cc4)c3cc12.F[B-](F)(F)F.F[B-](F)(F)F.